The van der Waals surface area contributed by atoms with Crippen LogP contribution >= 0.6 is 0 Å². The second-order valence-electron chi connectivity index (χ2n) is 3.35. The molecule has 2 N–H and O–H groups in total. The van der Waals surface area contributed by atoms with Gasteiger partial charge in [-0.3, -0.25) is 4.99 Å². The van der Waals surface area contributed by atoms with Gasteiger partial charge >= 0.3 is 0 Å². The first kappa shape index (κ1) is 9.36. The highest BCUT2D eigenvalue weighted by Gasteiger charge is 2.14. The predicted octanol–water partition coefficient (Wildman–Crippen LogP) is 0.971. The van der Waals surface area contributed by atoms with Crippen LogP contribution in [0.15, 0.2) is 4.99 Å². The van der Waals surface area contributed by atoms with E-state index in [1.165, 1.54) is 25.7 Å². The van der Waals surface area contributed by atoms with Gasteiger partial charge < -0.3 is 10.6 Å². The summed E-state index contributed by atoms with van der Waals surface area (Å²) in [6.07, 6.45) is 5.58. The topological polar surface area (TPSA) is 36.4 Å². The summed E-state index contributed by atoms with van der Waals surface area (Å²) in [5.41, 5.74) is 0. The highest BCUT2D eigenvalue weighted by atomic mass is 15.1. The molecule has 0 heterocycles. The third-order valence-corrected chi connectivity index (χ3v) is 2.49. The van der Waals surface area contributed by atoms with Crippen molar-refractivity contribution in [2.45, 2.75) is 25.7 Å². The summed E-state index contributed by atoms with van der Waals surface area (Å²) >= 11 is 0. The maximum absolute atomic E-state index is 4.06. The first-order valence-corrected chi connectivity index (χ1v) is 4.75. The van der Waals surface area contributed by atoms with Gasteiger partial charge in [0.05, 0.1) is 0 Å². The Kier molecular flexibility index (Phi) is 3.91. The first-order valence-electron chi connectivity index (χ1n) is 4.75. The van der Waals surface area contributed by atoms with Gasteiger partial charge in [-0.2, -0.15) is 0 Å². The van der Waals surface area contributed by atoms with Crippen LogP contribution in [-0.2, 0) is 0 Å². The predicted molar refractivity (Wildman–Crippen MR) is 52.4 cm³/mol. The van der Waals surface area contributed by atoms with Crippen LogP contribution in [0.4, 0.5) is 0 Å². The van der Waals surface area contributed by atoms with Crippen LogP contribution < -0.4 is 10.6 Å². The van der Waals surface area contributed by atoms with E-state index in [4.69, 9.17) is 0 Å². The van der Waals surface area contributed by atoms with Gasteiger partial charge in [0, 0.05) is 20.6 Å². The Balaban J connectivity index is 2.15. The highest BCUT2D eigenvalue weighted by Crippen LogP contribution is 2.23. The Morgan fingerprint density at radius 2 is 2.08 bits per heavy atom. The average Bonchev–Trinajstić information content (AvgIpc) is 2.59. The smallest absolute Gasteiger partial charge is 0.190 e. The van der Waals surface area contributed by atoms with Crippen LogP contribution in [-0.4, -0.2) is 26.6 Å². The normalized spacial score (nSPS) is 19.7. The summed E-state index contributed by atoms with van der Waals surface area (Å²) in [5, 5.41) is 6.31. The number of rotatable bonds is 2. The Hall–Kier alpha value is -0.730. The molecule has 0 aromatic heterocycles. The van der Waals surface area contributed by atoms with Crippen LogP contribution in [0.2, 0.25) is 0 Å². The van der Waals surface area contributed by atoms with Gasteiger partial charge in [0.1, 0.15) is 0 Å². The molecule has 1 aliphatic rings. The maximum Gasteiger partial charge on any atom is 0.190 e. The number of hydrogen-bond acceptors (Lipinski definition) is 1. The molecule has 0 aromatic rings. The molecule has 12 heavy (non-hydrogen) atoms. The number of aliphatic imine (C=N–C) groups is 1. The van der Waals surface area contributed by atoms with Crippen LogP contribution in [0.3, 0.4) is 0 Å². The zero-order chi connectivity index (χ0) is 8.81. The van der Waals surface area contributed by atoms with Crippen molar-refractivity contribution in [2.75, 3.05) is 20.6 Å². The molecule has 0 aliphatic heterocycles. The van der Waals surface area contributed by atoms with Gasteiger partial charge in [-0.05, 0) is 18.8 Å². The molecule has 0 spiro atoms. The molecule has 3 nitrogen and oxygen atoms in total. The van der Waals surface area contributed by atoms with Crippen LogP contribution in [0.5, 0.6) is 0 Å². The molecule has 0 saturated heterocycles. The van der Waals surface area contributed by atoms with Crippen molar-refractivity contribution in [1.82, 2.24) is 10.6 Å². The lowest BCUT2D eigenvalue weighted by Gasteiger charge is -2.12. The Bertz CT molecular complexity index is 148. The summed E-state index contributed by atoms with van der Waals surface area (Å²) < 4.78 is 0. The van der Waals surface area contributed by atoms with Crippen molar-refractivity contribution in [1.29, 1.82) is 0 Å². The van der Waals surface area contributed by atoms with E-state index in [0.717, 1.165) is 18.4 Å². The fourth-order valence-corrected chi connectivity index (χ4v) is 1.73. The average molecular weight is 169 g/mol. The van der Waals surface area contributed by atoms with Gasteiger partial charge in [0.15, 0.2) is 5.96 Å². The Morgan fingerprint density at radius 1 is 1.42 bits per heavy atom. The number of guanidine groups is 1. The van der Waals surface area contributed by atoms with Gasteiger partial charge in [-0.25, -0.2) is 0 Å². The number of nitrogens with one attached hydrogen (secondary N) is 2. The SMILES string of the molecule is CN=C(NC)NCC1CCCC1. The van der Waals surface area contributed by atoms with Gasteiger partial charge in [0.25, 0.3) is 0 Å². The lowest BCUT2D eigenvalue weighted by atomic mass is 10.1. The van der Waals surface area contributed by atoms with Crippen LogP contribution in [0.25, 0.3) is 0 Å². The molecule has 0 unspecified atom stereocenters. The number of nitrogens with zero attached hydrogens (tertiary/aromatic N) is 1. The van der Waals surface area contributed by atoms with Gasteiger partial charge in [-0.15, -0.1) is 0 Å². The second-order valence-corrected chi connectivity index (χ2v) is 3.35. The molecule has 0 radical (unpaired) electrons. The fraction of sp³-hybridized carbons (Fsp3) is 0.889. The molecule has 70 valence electrons. The summed E-state index contributed by atoms with van der Waals surface area (Å²) in [7, 11) is 3.69. The van der Waals surface area contributed by atoms with Crippen molar-refractivity contribution < 1.29 is 0 Å². The molecule has 3 heteroatoms. The lowest BCUT2D eigenvalue weighted by Crippen LogP contribution is -2.37. The van der Waals surface area contributed by atoms with Crippen molar-refractivity contribution in [3.8, 4) is 0 Å². The molecule has 1 aliphatic carbocycles. The van der Waals surface area contributed by atoms with Gasteiger partial charge in [-0.1, -0.05) is 12.8 Å². The van der Waals surface area contributed by atoms with Crippen molar-refractivity contribution in [3.63, 3.8) is 0 Å². The summed E-state index contributed by atoms with van der Waals surface area (Å²) in [4.78, 5) is 4.06. The van der Waals surface area contributed by atoms with Crippen molar-refractivity contribution in [2.24, 2.45) is 10.9 Å². The molecule has 1 rings (SSSR count). The second kappa shape index (κ2) is 5.01. The summed E-state index contributed by atoms with van der Waals surface area (Å²) in [6, 6.07) is 0. The largest absolute Gasteiger partial charge is 0.359 e. The van der Waals surface area contributed by atoms with E-state index in [1.54, 1.807) is 7.05 Å². The third-order valence-electron chi connectivity index (χ3n) is 2.49. The zero-order valence-electron chi connectivity index (χ0n) is 8.06. The first-order chi connectivity index (χ1) is 5.86. The van der Waals surface area contributed by atoms with Crippen LogP contribution in [0.1, 0.15) is 25.7 Å². The van der Waals surface area contributed by atoms with Crippen molar-refractivity contribution >= 4 is 5.96 Å². The van der Waals surface area contributed by atoms with Crippen LogP contribution in [0, 0.1) is 5.92 Å². The zero-order valence-corrected chi connectivity index (χ0v) is 8.06. The van der Waals surface area contributed by atoms with E-state index in [9.17, 15) is 0 Å². The Morgan fingerprint density at radius 3 is 2.58 bits per heavy atom. The monoisotopic (exact) mass is 169 g/mol. The quantitative estimate of drug-likeness (QED) is 0.477. The van der Waals surface area contributed by atoms with E-state index in [-0.39, 0.29) is 0 Å². The lowest BCUT2D eigenvalue weighted by molar-refractivity contribution is 0.532. The maximum atomic E-state index is 4.06. The molecule has 0 aromatic carbocycles. The minimum atomic E-state index is 0.870. The molecule has 0 atom stereocenters. The van der Waals surface area contributed by atoms with E-state index in [2.05, 4.69) is 15.6 Å². The third kappa shape index (κ3) is 2.72. The molecule has 0 bridgehead atoms. The van der Waals surface area contributed by atoms with Gasteiger partial charge in [0.2, 0.25) is 0 Å². The molecule has 1 fully saturated rings. The van der Waals surface area contributed by atoms with E-state index < -0.39 is 0 Å². The molecule has 0 amide bonds. The highest BCUT2D eigenvalue weighted by molar-refractivity contribution is 5.79. The standard InChI is InChI=1S/C9H19N3/c1-10-9(11-2)12-7-8-5-3-4-6-8/h8H,3-7H2,1-2H3,(H2,10,11,12). The Labute approximate surface area is 74.6 Å². The summed E-state index contributed by atoms with van der Waals surface area (Å²) in [6.45, 7) is 1.08. The van der Waals surface area contributed by atoms with E-state index in [0.29, 0.717) is 0 Å². The minimum absolute atomic E-state index is 0.870. The number of hydrogen-bond donors (Lipinski definition) is 2. The molecule has 1 saturated carbocycles. The van der Waals surface area contributed by atoms with Crippen molar-refractivity contribution in [3.05, 3.63) is 0 Å². The summed E-state index contributed by atoms with van der Waals surface area (Å²) in [5.74, 6) is 1.78. The fourth-order valence-electron chi connectivity index (χ4n) is 1.73. The molecular weight excluding hydrogens is 150 g/mol. The minimum Gasteiger partial charge on any atom is -0.359 e. The van der Waals surface area contributed by atoms with E-state index >= 15 is 0 Å². The molecular formula is C9H19N3. The van der Waals surface area contributed by atoms with E-state index in [1.807, 2.05) is 7.05 Å².